The van der Waals surface area contributed by atoms with Gasteiger partial charge in [-0.25, -0.2) is 4.39 Å². The third-order valence-corrected chi connectivity index (χ3v) is 8.34. The van der Waals surface area contributed by atoms with Gasteiger partial charge in [0.05, 0.1) is 34.1 Å². The summed E-state index contributed by atoms with van der Waals surface area (Å²) in [5.74, 6) is -0.908. The minimum Gasteiger partial charge on any atom is -0.295 e. The Morgan fingerprint density at radius 3 is 2.72 bits per heavy atom. The molecule has 4 rings (SSSR count). The number of aromatic nitrogens is 2. The molecule has 0 fully saturated rings. The summed E-state index contributed by atoms with van der Waals surface area (Å²) in [7, 11) is 0. The van der Waals surface area contributed by atoms with E-state index in [9.17, 15) is 4.79 Å². The Morgan fingerprint density at radius 1 is 1.19 bits per heavy atom. The number of nitrogens with zero attached hydrogens (tertiary/aromatic N) is 2. The molecule has 0 bridgehead atoms. The van der Waals surface area contributed by atoms with Crippen molar-refractivity contribution in [2.75, 3.05) is 0 Å². The SMILES string of the molecule is O=C(C/C(F)=C1\CCCc2cnn(Cc3ccc(Cl)cc3Cl)c21)NSc1cc(Cl)c(Cl)s1. The monoisotopic (exact) mass is 549 g/mol. The molecule has 4 nitrogen and oxygen atoms in total. The highest BCUT2D eigenvalue weighted by Gasteiger charge is 2.24. The first kappa shape index (κ1) is 23.9. The number of hydrogen-bond donors (Lipinski definition) is 1. The fourth-order valence-corrected chi connectivity index (χ4v) is 6.27. The molecule has 2 aromatic heterocycles. The van der Waals surface area contributed by atoms with Crippen LogP contribution < -0.4 is 4.72 Å². The Hall–Kier alpha value is -1.22. The van der Waals surface area contributed by atoms with Crippen molar-refractivity contribution in [2.45, 2.75) is 36.4 Å². The van der Waals surface area contributed by atoms with Gasteiger partial charge in [0, 0.05) is 15.6 Å². The van der Waals surface area contributed by atoms with Gasteiger partial charge in [-0.2, -0.15) is 5.10 Å². The zero-order valence-electron chi connectivity index (χ0n) is 16.4. The van der Waals surface area contributed by atoms with Gasteiger partial charge < -0.3 is 0 Å². The van der Waals surface area contributed by atoms with Crippen LogP contribution in [0, 0.1) is 0 Å². The first-order chi connectivity index (χ1) is 15.3. The molecule has 0 saturated carbocycles. The number of benzene rings is 1. The van der Waals surface area contributed by atoms with Crippen molar-refractivity contribution < 1.29 is 9.18 Å². The molecule has 0 atom stereocenters. The van der Waals surface area contributed by atoms with E-state index >= 15 is 4.39 Å². The Labute approximate surface area is 212 Å². The number of nitrogens with one attached hydrogen (secondary N) is 1. The topological polar surface area (TPSA) is 46.9 Å². The Bertz CT molecular complexity index is 1190. The van der Waals surface area contributed by atoms with Crippen molar-refractivity contribution >= 4 is 81.2 Å². The van der Waals surface area contributed by atoms with Crippen molar-refractivity contribution in [3.8, 4) is 0 Å². The zero-order chi connectivity index (χ0) is 22.8. The molecule has 1 aliphatic carbocycles. The number of rotatable bonds is 6. The van der Waals surface area contributed by atoms with Crippen LogP contribution in [0.25, 0.3) is 5.57 Å². The van der Waals surface area contributed by atoms with E-state index in [0.29, 0.717) is 37.9 Å². The molecule has 1 N–H and O–H groups in total. The normalized spacial score (nSPS) is 14.9. The van der Waals surface area contributed by atoms with Crippen LogP contribution in [0.15, 0.2) is 40.5 Å². The number of aryl methyl sites for hydroxylation is 1. The maximum atomic E-state index is 15.2. The van der Waals surface area contributed by atoms with E-state index in [1.807, 2.05) is 6.07 Å². The van der Waals surface area contributed by atoms with Crippen molar-refractivity contribution in [1.82, 2.24) is 14.5 Å². The molecule has 0 aliphatic heterocycles. The summed E-state index contributed by atoms with van der Waals surface area (Å²) < 4.78 is 20.8. The third kappa shape index (κ3) is 5.46. The lowest BCUT2D eigenvalue weighted by Gasteiger charge is -2.19. The number of carbonyl (C=O) groups excluding carboxylic acids is 1. The molecule has 0 unspecified atom stereocenters. The molecule has 1 aliphatic rings. The van der Waals surface area contributed by atoms with E-state index in [4.69, 9.17) is 46.4 Å². The van der Waals surface area contributed by atoms with Crippen molar-refractivity contribution in [3.63, 3.8) is 0 Å². The number of hydrogen-bond acceptors (Lipinski definition) is 4. The Balaban J connectivity index is 1.51. The lowest BCUT2D eigenvalue weighted by molar-refractivity contribution is -0.118. The zero-order valence-corrected chi connectivity index (χ0v) is 21.1. The van der Waals surface area contributed by atoms with Gasteiger partial charge >= 0.3 is 0 Å². The minimum atomic E-state index is -0.463. The number of halogens is 5. The number of fused-ring (bicyclic) bond motifs is 1. The van der Waals surface area contributed by atoms with E-state index in [1.54, 1.807) is 29.1 Å². The van der Waals surface area contributed by atoms with Crippen LogP contribution in [0.3, 0.4) is 0 Å². The quantitative estimate of drug-likeness (QED) is 0.318. The van der Waals surface area contributed by atoms with Crippen LogP contribution in [0.4, 0.5) is 4.39 Å². The standard InChI is InChI=1S/C21H16Cl4FN3OS2/c22-13-5-4-12(15(23)6-13)10-29-20-11(9-27-29)2-1-3-14(20)17(26)8-18(30)28-32-19-7-16(24)21(25)31-19/h4-7,9H,1-3,8,10H2,(H,28,30)/b17-14-. The number of amides is 1. The van der Waals surface area contributed by atoms with Gasteiger partial charge in [-0.3, -0.25) is 14.2 Å². The third-order valence-electron chi connectivity index (χ3n) is 4.94. The van der Waals surface area contributed by atoms with E-state index in [-0.39, 0.29) is 6.42 Å². The smallest absolute Gasteiger partial charge is 0.236 e. The first-order valence-corrected chi connectivity index (χ1v) is 12.7. The van der Waals surface area contributed by atoms with Crippen molar-refractivity contribution in [3.05, 3.63) is 72.5 Å². The van der Waals surface area contributed by atoms with Crippen LogP contribution in [0.5, 0.6) is 0 Å². The van der Waals surface area contributed by atoms with Gasteiger partial charge in [0.1, 0.15) is 10.2 Å². The first-order valence-electron chi connectivity index (χ1n) is 9.59. The lowest BCUT2D eigenvalue weighted by Crippen LogP contribution is -2.17. The fraction of sp³-hybridized carbons (Fsp3) is 0.238. The predicted molar refractivity (Wildman–Crippen MR) is 132 cm³/mol. The van der Waals surface area contributed by atoms with E-state index in [2.05, 4.69) is 9.82 Å². The maximum absolute atomic E-state index is 15.2. The van der Waals surface area contributed by atoms with Crippen LogP contribution in [-0.4, -0.2) is 15.7 Å². The molecule has 168 valence electrons. The molecule has 11 heteroatoms. The molecule has 32 heavy (non-hydrogen) atoms. The second kappa shape index (κ2) is 10.4. The van der Waals surface area contributed by atoms with E-state index in [1.165, 1.54) is 11.3 Å². The molecular formula is C21H16Cl4FN3OS2. The highest BCUT2D eigenvalue weighted by atomic mass is 35.5. The molecule has 2 heterocycles. The van der Waals surface area contributed by atoms with Gasteiger partial charge in [0.25, 0.3) is 0 Å². The predicted octanol–water partition coefficient (Wildman–Crippen LogP) is 7.84. The summed E-state index contributed by atoms with van der Waals surface area (Å²) in [6.07, 6.45) is 3.54. The average molecular weight is 551 g/mol. The fourth-order valence-electron chi connectivity index (χ4n) is 3.49. The molecule has 0 radical (unpaired) electrons. The minimum absolute atomic E-state index is 0.360. The van der Waals surface area contributed by atoms with Gasteiger partial charge in [0.15, 0.2) is 0 Å². The van der Waals surface area contributed by atoms with Gasteiger partial charge in [-0.15, -0.1) is 11.3 Å². The van der Waals surface area contributed by atoms with Crippen LogP contribution in [-0.2, 0) is 17.8 Å². The number of thiophene rings is 1. The lowest BCUT2D eigenvalue weighted by atomic mass is 9.91. The second-order valence-electron chi connectivity index (χ2n) is 7.14. The molecular weight excluding hydrogens is 535 g/mol. The van der Waals surface area contributed by atoms with Crippen LogP contribution in [0.1, 0.15) is 36.1 Å². The number of carbonyl (C=O) groups is 1. The number of allylic oxidation sites excluding steroid dienone is 1. The summed E-state index contributed by atoms with van der Waals surface area (Å²) in [6, 6.07) is 6.91. The van der Waals surface area contributed by atoms with Crippen LogP contribution >= 0.6 is 69.7 Å². The highest BCUT2D eigenvalue weighted by Crippen LogP contribution is 2.37. The molecule has 1 amide bonds. The van der Waals surface area contributed by atoms with Gasteiger partial charge in [0.2, 0.25) is 5.91 Å². The molecule has 3 aromatic rings. The molecule has 1 aromatic carbocycles. The van der Waals surface area contributed by atoms with Crippen molar-refractivity contribution in [2.24, 2.45) is 0 Å². The maximum Gasteiger partial charge on any atom is 0.236 e. The highest BCUT2D eigenvalue weighted by molar-refractivity contribution is 7.99. The molecule has 0 saturated heterocycles. The van der Waals surface area contributed by atoms with Crippen molar-refractivity contribution in [1.29, 1.82) is 0 Å². The average Bonchev–Trinajstić information content (AvgIpc) is 3.31. The Morgan fingerprint density at radius 2 is 2.00 bits per heavy atom. The summed E-state index contributed by atoms with van der Waals surface area (Å²) in [5.41, 5.74) is 3.02. The largest absolute Gasteiger partial charge is 0.295 e. The summed E-state index contributed by atoms with van der Waals surface area (Å²) >= 11 is 26.5. The Kier molecular flexibility index (Phi) is 7.75. The van der Waals surface area contributed by atoms with Gasteiger partial charge in [-0.1, -0.05) is 52.5 Å². The van der Waals surface area contributed by atoms with Crippen LogP contribution in [0.2, 0.25) is 19.4 Å². The summed E-state index contributed by atoms with van der Waals surface area (Å²) in [5, 5.41) is 5.94. The van der Waals surface area contributed by atoms with E-state index < -0.39 is 11.7 Å². The van der Waals surface area contributed by atoms with E-state index in [0.717, 1.165) is 45.8 Å². The summed E-state index contributed by atoms with van der Waals surface area (Å²) in [4.78, 5) is 12.3. The molecule has 0 spiro atoms. The summed E-state index contributed by atoms with van der Waals surface area (Å²) in [6.45, 7) is 0.379. The van der Waals surface area contributed by atoms with Gasteiger partial charge in [-0.05, 0) is 60.5 Å². The second-order valence-corrected chi connectivity index (χ2v) is 11.2.